The number of benzene rings is 1. The second kappa shape index (κ2) is 7.78. The van der Waals surface area contributed by atoms with E-state index in [1.807, 2.05) is 24.3 Å². The molecule has 0 saturated heterocycles. The molecule has 0 spiro atoms. The van der Waals surface area contributed by atoms with E-state index in [2.05, 4.69) is 12.2 Å². The van der Waals surface area contributed by atoms with Crippen molar-refractivity contribution in [3.05, 3.63) is 29.8 Å². The van der Waals surface area contributed by atoms with Crippen molar-refractivity contribution >= 4 is 0 Å². The maximum Gasteiger partial charge on any atom is 0.125 e. The van der Waals surface area contributed by atoms with Crippen LogP contribution in [0, 0.1) is 0 Å². The lowest BCUT2D eigenvalue weighted by molar-refractivity contribution is 0.0500. The molecule has 0 bridgehead atoms. The molecule has 0 heterocycles. The summed E-state index contributed by atoms with van der Waals surface area (Å²) in [5.74, 6) is 0.759. The summed E-state index contributed by atoms with van der Waals surface area (Å²) in [5, 5.41) is 22.7. The second-order valence-electron chi connectivity index (χ2n) is 5.97. The molecule has 1 aromatic carbocycles. The molecule has 2 atom stereocenters. The Morgan fingerprint density at radius 2 is 2.14 bits per heavy atom. The molecule has 1 aromatic rings. The lowest BCUT2D eigenvalue weighted by Crippen LogP contribution is -2.53. The van der Waals surface area contributed by atoms with Crippen molar-refractivity contribution in [3.63, 3.8) is 0 Å². The number of para-hydroxylation sites is 1. The number of aliphatic hydroxyl groups is 2. The van der Waals surface area contributed by atoms with Gasteiger partial charge >= 0.3 is 0 Å². The molecule has 0 aliphatic heterocycles. The maximum atomic E-state index is 9.79. The van der Waals surface area contributed by atoms with E-state index in [0.29, 0.717) is 0 Å². The van der Waals surface area contributed by atoms with Crippen LogP contribution in [0.3, 0.4) is 0 Å². The fraction of sp³-hybridized carbons (Fsp3) is 0.647. The summed E-state index contributed by atoms with van der Waals surface area (Å²) >= 11 is 0. The first-order valence-electron chi connectivity index (χ1n) is 7.94. The lowest BCUT2D eigenvalue weighted by atomic mass is 9.80. The summed E-state index contributed by atoms with van der Waals surface area (Å²) in [5.41, 5.74) is 0.604. The topological polar surface area (TPSA) is 61.7 Å². The normalized spacial score (nSPS) is 25.8. The predicted octanol–water partition coefficient (Wildman–Crippen LogP) is 2.23. The number of hydrogen-bond acceptors (Lipinski definition) is 4. The van der Waals surface area contributed by atoms with Crippen LogP contribution in [0.5, 0.6) is 5.75 Å². The van der Waals surface area contributed by atoms with Crippen molar-refractivity contribution in [2.45, 2.75) is 57.3 Å². The van der Waals surface area contributed by atoms with E-state index in [1.165, 1.54) is 0 Å². The highest BCUT2D eigenvalue weighted by molar-refractivity contribution is 5.32. The standard InChI is InChI=1S/C17H27NO3/c1-2-10-18-17(13-20)9-5-7-15(11-17)21-16-8-4-3-6-14(16)12-19/h3-4,6,8,15,18-20H,2,5,7,9-13H2,1H3. The highest BCUT2D eigenvalue weighted by Gasteiger charge is 2.36. The van der Waals surface area contributed by atoms with Gasteiger partial charge in [0, 0.05) is 17.5 Å². The molecule has 4 nitrogen and oxygen atoms in total. The van der Waals surface area contributed by atoms with Crippen LogP contribution >= 0.6 is 0 Å². The summed E-state index contributed by atoms with van der Waals surface area (Å²) < 4.78 is 6.10. The van der Waals surface area contributed by atoms with E-state index in [4.69, 9.17) is 4.74 Å². The lowest BCUT2D eigenvalue weighted by Gasteiger charge is -2.40. The van der Waals surface area contributed by atoms with Gasteiger partial charge in [-0.25, -0.2) is 0 Å². The van der Waals surface area contributed by atoms with Crippen LogP contribution in [0.25, 0.3) is 0 Å². The highest BCUT2D eigenvalue weighted by Crippen LogP contribution is 2.32. The minimum atomic E-state index is -0.215. The van der Waals surface area contributed by atoms with E-state index in [-0.39, 0.29) is 24.9 Å². The third-order valence-corrected chi connectivity index (χ3v) is 4.29. The molecule has 0 radical (unpaired) electrons. The molecule has 0 aromatic heterocycles. The molecule has 1 fully saturated rings. The number of ether oxygens (including phenoxy) is 1. The van der Waals surface area contributed by atoms with Gasteiger partial charge < -0.3 is 20.3 Å². The Bertz CT molecular complexity index is 438. The van der Waals surface area contributed by atoms with Gasteiger partial charge in [-0.2, -0.15) is 0 Å². The van der Waals surface area contributed by atoms with Crippen molar-refractivity contribution < 1.29 is 14.9 Å². The molecule has 1 aliphatic carbocycles. The van der Waals surface area contributed by atoms with E-state index < -0.39 is 0 Å². The van der Waals surface area contributed by atoms with Gasteiger partial charge in [-0.3, -0.25) is 0 Å². The van der Waals surface area contributed by atoms with Gasteiger partial charge in [-0.15, -0.1) is 0 Å². The highest BCUT2D eigenvalue weighted by atomic mass is 16.5. The van der Waals surface area contributed by atoms with Crippen molar-refractivity contribution in [2.24, 2.45) is 0 Å². The number of hydrogen-bond donors (Lipinski definition) is 3. The van der Waals surface area contributed by atoms with Crippen molar-refractivity contribution in [1.82, 2.24) is 5.32 Å². The molecule has 1 aliphatic rings. The van der Waals surface area contributed by atoms with Gasteiger partial charge in [0.1, 0.15) is 11.9 Å². The summed E-state index contributed by atoms with van der Waals surface area (Å²) in [6.45, 7) is 3.18. The molecule has 21 heavy (non-hydrogen) atoms. The zero-order valence-electron chi connectivity index (χ0n) is 12.8. The summed E-state index contributed by atoms with van der Waals surface area (Å²) in [6, 6.07) is 7.61. The Kier molecular flexibility index (Phi) is 6.03. The first kappa shape index (κ1) is 16.3. The van der Waals surface area contributed by atoms with E-state index in [0.717, 1.165) is 50.0 Å². The van der Waals surface area contributed by atoms with Crippen LogP contribution < -0.4 is 10.1 Å². The van der Waals surface area contributed by atoms with Crippen LogP contribution in [0.2, 0.25) is 0 Å². The molecule has 3 N–H and O–H groups in total. The van der Waals surface area contributed by atoms with Crippen molar-refractivity contribution in [2.75, 3.05) is 13.2 Å². The van der Waals surface area contributed by atoms with Gasteiger partial charge in [0.25, 0.3) is 0 Å². The van der Waals surface area contributed by atoms with Gasteiger partial charge in [0.05, 0.1) is 13.2 Å². The Morgan fingerprint density at radius 3 is 2.86 bits per heavy atom. The van der Waals surface area contributed by atoms with Crippen LogP contribution in [0.15, 0.2) is 24.3 Å². The molecular formula is C17H27NO3. The van der Waals surface area contributed by atoms with Gasteiger partial charge in [-0.1, -0.05) is 25.1 Å². The quantitative estimate of drug-likeness (QED) is 0.721. The molecule has 0 amide bonds. The second-order valence-corrected chi connectivity index (χ2v) is 5.97. The van der Waals surface area contributed by atoms with Crippen LogP contribution in [0.4, 0.5) is 0 Å². The third-order valence-electron chi connectivity index (χ3n) is 4.29. The smallest absolute Gasteiger partial charge is 0.125 e. The van der Waals surface area contributed by atoms with Crippen LogP contribution in [-0.2, 0) is 6.61 Å². The zero-order valence-corrected chi connectivity index (χ0v) is 12.8. The first-order valence-corrected chi connectivity index (χ1v) is 7.94. The molecule has 2 unspecified atom stereocenters. The average Bonchev–Trinajstić information content (AvgIpc) is 2.54. The van der Waals surface area contributed by atoms with Crippen molar-refractivity contribution in [1.29, 1.82) is 0 Å². The minimum Gasteiger partial charge on any atom is -0.490 e. The molecule has 118 valence electrons. The van der Waals surface area contributed by atoms with Crippen LogP contribution in [0.1, 0.15) is 44.6 Å². The molecule has 4 heteroatoms. The zero-order chi connectivity index (χ0) is 15.1. The van der Waals surface area contributed by atoms with Gasteiger partial charge in [0.2, 0.25) is 0 Å². The number of aliphatic hydroxyl groups excluding tert-OH is 2. The monoisotopic (exact) mass is 293 g/mol. The first-order chi connectivity index (χ1) is 10.2. The fourth-order valence-electron chi connectivity index (χ4n) is 3.09. The largest absolute Gasteiger partial charge is 0.490 e. The predicted molar refractivity (Wildman–Crippen MR) is 83.4 cm³/mol. The van der Waals surface area contributed by atoms with Gasteiger partial charge in [-0.05, 0) is 38.3 Å². The summed E-state index contributed by atoms with van der Waals surface area (Å²) in [6.07, 6.45) is 4.98. The molecule has 2 rings (SSSR count). The summed E-state index contributed by atoms with van der Waals surface area (Å²) in [4.78, 5) is 0. The Morgan fingerprint density at radius 1 is 1.33 bits per heavy atom. The number of rotatable bonds is 7. The molecular weight excluding hydrogens is 266 g/mol. The third kappa shape index (κ3) is 4.19. The Hall–Kier alpha value is -1.10. The van der Waals surface area contributed by atoms with E-state index in [9.17, 15) is 10.2 Å². The number of nitrogens with one attached hydrogen (secondary N) is 1. The Balaban J connectivity index is 2.03. The molecule has 1 saturated carbocycles. The minimum absolute atomic E-state index is 0.0118. The van der Waals surface area contributed by atoms with E-state index in [1.54, 1.807) is 0 Å². The van der Waals surface area contributed by atoms with Crippen molar-refractivity contribution in [3.8, 4) is 5.75 Å². The Labute approximate surface area is 127 Å². The summed E-state index contributed by atoms with van der Waals surface area (Å²) in [7, 11) is 0. The fourth-order valence-corrected chi connectivity index (χ4v) is 3.09. The van der Waals surface area contributed by atoms with Gasteiger partial charge in [0.15, 0.2) is 0 Å². The van der Waals surface area contributed by atoms with Crippen LogP contribution in [-0.4, -0.2) is 35.0 Å². The SMILES string of the molecule is CCCNC1(CO)CCCC(Oc2ccccc2CO)C1. The van der Waals surface area contributed by atoms with E-state index >= 15 is 0 Å². The maximum absolute atomic E-state index is 9.79. The average molecular weight is 293 g/mol.